The molecule has 0 bridgehead atoms. The largest absolute Gasteiger partial charge is 0.480 e. The van der Waals surface area contributed by atoms with E-state index >= 15 is 0 Å². The van der Waals surface area contributed by atoms with E-state index in [2.05, 4.69) is 15.0 Å². The summed E-state index contributed by atoms with van der Waals surface area (Å²) in [4.78, 5) is 22.5. The normalized spacial score (nSPS) is 12.6. The smallest absolute Gasteiger partial charge is 0.324 e. The number of nitrogens with two attached hydrogens (primary N) is 1. The molecule has 8 heteroatoms. The topological polar surface area (TPSA) is 116 Å². The van der Waals surface area contributed by atoms with Crippen molar-refractivity contribution in [1.82, 2.24) is 19.5 Å². The lowest BCUT2D eigenvalue weighted by molar-refractivity contribution is -0.139. The van der Waals surface area contributed by atoms with Gasteiger partial charge < -0.3 is 20.1 Å². The van der Waals surface area contributed by atoms with Crippen molar-refractivity contribution < 1.29 is 14.6 Å². The fourth-order valence-electron chi connectivity index (χ4n) is 1.27. The van der Waals surface area contributed by atoms with Gasteiger partial charge in [0.15, 0.2) is 11.2 Å². The quantitative estimate of drug-likeness (QED) is 0.711. The molecular formula is C9H11N5O3. The maximum absolute atomic E-state index is 10.5. The van der Waals surface area contributed by atoms with Crippen LogP contribution in [0.1, 0.15) is 0 Å². The Balaban J connectivity index is 2.21. The van der Waals surface area contributed by atoms with Crippen LogP contribution in [0, 0.1) is 0 Å². The van der Waals surface area contributed by atoms with Crippen LogP contribution in [-0.4, -0.2) is 43.2 Å². The van der Waals surface area contributed by atoms with Crippen molar-refractivity contribution in [3.05, 3.63) is 12.7 Å². The second-order valence-electron chi connectivity index (χ2n) is 3.46. The summed E-state index contributed by atoms with van der Waals surface area (Å²) in [6.45, 7) is -0.169. The van der Waals surface area contributed by atoms with Crippen LogP contribution in [-0.2, 0) is 11.8 Å². The molecule has 0 saturated carbocycles. The molecule has 0 aliphatic heterocycles. The number of aryl methyl sites for hydroxylation is 1. The number of ether oxygens (including phenoxy) is 1. The van der Waals surface area contributed by atoms with Crippen molar-refractivity contribution in [2.24, 2.45) is 12.8 Å². The number of rotatable bonds is 4. The molecule has 1 atom stereocenters. The van der Waals surface area contributed by atoms with E-state index in [1.807, 2.05) is 0 Å². The van der Waals surface area contributed by atoms with Crippen LogP contribution in [0.5, 0.6) is 5.88 Å². The monoisotopic (exact) mass is 237 g/mol. The molecule has 90 valence electrons. The lowest BCUT2D eigenvalue weighted by atomic mass is 10.3. The van der Waals surface area contributed by atoms with Crippen molar-refractivity contribution in [3.63, 3.8) is 0 Å². The Hall–Kier alpha value is -2.22. The van der Waals surface area contributed by atoms with Gasteiger partial charge in [0.05, 0.1) is 6.33 Å². The number of carboxylic acids is 1. The van der Waals surface area contributed by atoms with Crippen LogP contribution in [0.3, 0.4) is 0 Å². The summed E-state index contributed by atoms with van der Waals surface area (Å²) < 4.78 is 6.93. The SMILES string of the molecule is Cn1cnc2c(OCC(N)C(=O)O)ncnc21. The van der Waals surface area contributed by atoms with E-state index in [1.54, 1.807) is 17.9 Å². The van der Waals surface area contributed by atoms with Gasteiger partial charge in [-0.1, -0.05) is 0 Å². The summed E-state index contributed by atoms with van der Waals surface area (Å²) in [7, 11) is 1.79. The Bertz CT molecular complexity index is 553. The first-order chi connectivity index (χ1) is 8.09. The minimum absolute atomic E-state index is 0.169. The molecule has 2 aromatic rings. The number of fused-ring (bicyclic) bond motifs is 1. The van der Waals surface area contributed by atoms with Gasteiger partial charge >= 0.3 is 5.97 Å². The molecule has 0 saturated heterocycles. The van der Waals surface area contributed by atoms with Crippen LogP contribution in [0.4, 0.5) is 0 Å². The zero-order valence-electron chi connectivity index (χ0n) is 9.07. The maximum Gasteiger partial charge on any atom is 0.324 e. The average Bonchev–Trinajstić information content (AvgIpc) is 2.69. The maximum atomic E-state index is 10.5. The Morgan fingerprint density at radius 2 is 2.35 bits per heavy atom. The number of aromatic nitrogens is 4. The van der Waals surface area contributed by atoms with Gasteiger partial charge in [0, 0.05) is 7.05 Å². The zero-order valence-corrected chi connectivity index (χ0v) is 9.07. The molecule has 0 radical (unpaired) electrons. The van der Waals surface area contributed by atoms with Gasteiger partial charge in [-0.2, -0.15) is 4.98 Å². The highest BCUT2D eigenvalue weighted by molar-refractivity contribution is 5.76. The molecule has 0 amide bonds. The number of hydrogen-bond acceptors (Lipinski definition) is 6. The minimum Gasteiger partial charge on any atom is -0.480 e. The van der Waals surface area contributed by atoms with E-state index in [1.165, 1.54) is 6.33 Å². The number of nitrogens with zero attached hydrogens (tertiary/aromatic N) is 4. The third-order valence-electron chi connectivity index (χ3n) is 2.18. The van der Waals surface area contributed by atoms with Crippen LogP contribution in [0.25, 0.3) is 11.2 Å². The van der Waals surface area contributed by atoms with Gasteiger partial charge in [-0.3, -0.25) is 4.79 Å². The summed E-state index contributed by atoms with van der Waals surface area (Å²) >= 11 is 0. The zero-order chi connectivity index (χ0) is 12.4. The van der Waals surface area contributed by atoms with Gasteiger partial charge in [-0.15, -0.1) is 0 Å². The van der Waals surface area contributed by atoms with Crippen LogP contribution in [0.15, 0.2) is 12.7 Å². The first kappa shape index (κ1) is 11.3. The Kier molecular flexibility index (Phi) is 2.88. The number of aliphatic carboxylic acids is 1. The number of carboxylic acid groups (broad SMARTS) is 1. The average molecular weight is 237 g/mol. The number of carbonyl (C=O) groups is 1. The lowest BCUT2D eigenvalue weighted by Crippen LogP contribution is -2.36. The van der Waals surface area contributed by atoms with E-state index in [0.717, 1.165) is 0 Å². The van der Waals surface area contributed by atoms with Gasteiger partial charge in [-0.05, 0) is 0 Å². The molecular weight excluding hydrogens is 226 g/mol. The van der Waals surface area contributed by atoms with E-state index < -0.39 is 12.0 Å². The fourth-order valence-corrected chi connectivity index (χ4v) is 1.27. The van der Waals surface area contributed by atoms with Crippen molar-refractivity contribution >= 4 is 17.1 Å². The molecule has 2 heterocycles. The van der Waals surface area contributed by atoms with Crippen molar-refractivity contribution in [1.29, 1.82) is 0 Å². The van der Waals surface area contributed by atoms with Gasteiger partial charge in [0.25, 0.3) is 0 Å². The lowest BCUT2D eigenvalue weighted by Gasteiger charge is -2.08. The van der Waals surface area contributed by atoms with E-state index in [4.69, 9.17) is 15.6 Å². The van der Waals surface area contributed by atoms with Gasteiger partial charge in [0.1, 0.15) is 19.0 Å². The highest BCUT2D eigenvalue weighted by Gasteiger charge is 2.15. The van der Waals surface area contributed by atoms with E-state index in [-0.39, 0.29) is 12.5 Å². The Labute approximate surface area is 96.1 Å². The third kappa shape index (κ3) is 2.16. The first-order valence-corrected chi connectivity index (χ1v) is 4.83. The molecule has 2 aromatic heterocycles. The van der Waals surface area contributed by atoms with Crippen LogP contribution >= 0.6 is 0 Å². The summed E-state index contributed by atoms with van der Waals surface area (Å²) in [5.41, 5.74) is 6.41. The molecule has 0 aliphatic rings. The molecule has 0 aliphatic carbocycles. The van der Waals surface area contributed by atoms with Crippen LogP contribution in [0.2, 0.25) is 0 Å². The van der Waals surface area contributed by atoms with Gasteiger partial charge in [-0.25, -0.2) is 9.97 Å². The molecule has 8 nitrogen and oxygen atoms in total. The van der Waals surface area contributed by atoms with Crippen molar-refractivity contribution in [2.75, 3.05) is 6.61 Å². The predicted octanol–water partition coefficient (Wildman–Crippen LogP) is -0.846. The fraction of sp³-hybridized carbons (Fsp3) is 0.333. The van der Waals surface area contributed by atoms with Crippen molar-refractivity contribution in [2.45, 2.75) is 6.04 Å². The minimum atomic E-state index is -1.13. The predicted molar refractivity (Wildman–Crippen MR) is 57.4 cm³/mol. The summed E-state index contributed by atoms with van der Waals surface area (Å²) in [6.07, 6.45) is 2.90. The highest BCUT2D eigenvalue weighted by Crippen LogP contribution is 2.18. The Morgan fingerprint density at radius 1 is 1.59 bits per heavy atom. The van der Waals surface area contributed by atoms with E-state index in [9.17, 15) is 4.79 Å². The molecule has 1 unspecified atom stereocenters. The summed E-state index contributed by atoms with van der Waals surface area (Å²) in [5.74, 6) is -0.899. The molecule has 0 aromatic carbocycles. The Morgan fingerprint density at radius 3 is 3.06 bits per heavy atom. The second kappa shape index (κ2) is 4.34. The summed E-state index contributed by atoms with van der Waals surface area (Å²) in [6, 6.07) is -1.09. The van der Waals surface area contributed by atoms with Crippen LogP contribution < -0.4 is 10.5 Å². The molecule has 17 heavy (non-hydrogen) atoms. The second-order valence-corrected chi connectivity index (χ2v) is 3.46. The summed E-state index contributed by atoms with van der Waals surface area (Å²) in [5, 5.41) is 8.62. The molecule has 0 spiro atoms. The number of hydrogen-bond donors (Lipinski definition) is 2. The van der Waals surface area contributed by atoms with Gasteiger partial charge in [0.2, 0.25) is 5.88 Å². The van der Waals surface area contributed by atoms with Crippen molar-refractivity contribution in [3.8, 4) is 5.88 Å². The van der Waals surface area contributed by atoms with E-state index in [0.29, 0.717) is 11.2 Å². The molecule has 2 rings (SSSR count). The standard InChI is InChI=1S/C9H11N5O3/c1-14-4-13-6-7(14)11-3-12-8(6)17-2-5(10)9(15)16/h3-5H,2,10H2,1H3,(H,15,16). The number of imidazole rings is 1. The highest BCUT2D eigenvalue weighted by atomic mass is 16.5. The molecule has 3 N–H and O–H groups in total. The third-order valence-corrected chi connectivity index (χ3v) is 2.18. The molecule has 0 fully saturated rings. The first-order valence-electron chi connectivity index (χ1n) is 4.83.